The van der Waals surface area contributed by atoms with Crippen molar-refractivity contribution in [2.45, 2.75) is 26.3 Å². The van der Waals surface area contributed by atoms with Crippen molar-refractivity contribution in [2.75, 3.05) is 13.7 Å². The summed E-state index contributed by atoms with van der Waals surface area (Å²) in [5, 5.41) is 3.18. The zero-order valence-electron chi connectivity index (χ0n) is 10.6. The molecule has 4 heteroatoms. The highest BCUT2D eigenvalue weighted by molar-refractivity contribution is 5.73. The molecule has 1 atom stereocenters. The molecule has 0 fully saturated rings. The molecular formula is C13H20N2O2. The van der Waals surface area contributed by atoms with E-state index in [2.05, 4.69) is 18.3 Å². The molecule has 94 valence electrons. The van der Waals surface area contributed by atoms with E-state index in [1.54, 1.807) is 0 Å². The lowest BCUT2D eigenvalue weighted by Gasteiger charge is -2.17. The summed E-state index contributed by atoms with van der Waals surface area (Å²) >= 11 is 0. The van der Waals surface area contributed by atoms with E-state index in [1.807, 2.05) is 26.1 Å². The maximum absolute atomic E-state index is 10.6. The van der Waals surface area contributed by atoms with E-state index in [0.717, 1.165) is 11.3 Å². The Bertz CT molecular complexity index is 391. The van der Waals surface area contributed by atoms with Gasteiger partial charge in [-0.1, -0.05) is 17.7 Å². The topological polar surface area (TPSA) is 64.3 Å². The Kier molecular flexibility index (Phi) is 4.97. The van der Waals surface area contributed by atoms with Crippen molar-refractivity contribution in [1.29, 1.82) is 0 Å². The lowest BCUT2D eigenvalue weighted by atomic mass is 10.0. The van der Waals surface area contributed by atoms with E-state index < -0.39 is 0 Å². The Hall–Kier alpha value is -1.55. The van der Waals surface area contributed by atoms with Gasteiger partial charge in [0.2, 0.25) is 5.91 Å². The maximum Gasteiger partial charge on any atom is 0.220 e. The van der Waals surface area contributed by atoms with Gasteiger partial charge in [0.05, 0.1) is 13.0 Å². The number of hydrogen-bond donors (Lipinski definition) is 2. The highest BCUT2D eigenvalue weighted by Crippen LogP contribution is 2.26. The molecule has 0 bridgehead atoms. The molecule has 1 unspecified atom stereocenters. The highest BCUT2D eigenvalue weighted by atomic mass is 16.5. The minimum absolute atomic E-state index is 0.207. The van der Waals surface area contributed by atoms with Crippen molar-refractivity contribution >= 4 is 5.91 Å². The Balaban J connectivity index is 2.79. The lowest BCUT2D eigenvalue weighted by molar-refractivity contribution is -0.118. The minimum atomic E-state index is -0.347. The minimum Gasteiger partial charge on any atom is -0.493 e. The molecule has 1 aromatic carbocycles. The summed E-state index contributed by atoms with van der Waals surface area (Å²) in [5.41, 5.74) is 7.35. The van der Waals surface area contributed by atoms with E-state index >= 15 is 0 Å². The van der Waals surface area contributed by atoms with E-state index in [0.29, 0.717) is 6.61 Å². The van der Waals surface area contributed by atoms with Crippen LogP contribution in [0.15, 0.2) is 18.2 Å². The quantitative estimate of drug-likeness (QED) is 0.787. The molecule has 0 aromatic heterocycles. The predicted molar refractivity (Wildman–Crippen MR) is 68.0 cm³/mol. The average Bonchev–Trinajstić information content (AvgIpc) is 2.29. The van der Waals surface area contributed by atoms with E-state index in [9.17, 15) is 4.79 Å². The molecule has 1 rings (SSSR count). The number of benzene rings is 1. The number of aryl methyl sites for hydroxylation is 1. The molecule has 1 aromatic rings. The number of primary amides is 1. The fourth-order valence-electron chi connectivity index (χ4n) is 1.55. The summed E-state index contributed by atoms with van der Waals surface area (Å²) in [6, 6.07) is 6.21. The van der Waals surface area contributed by atoms with E-state index in [4.69, 9.17) is 10.5 Å². The summed E-state index contributed by atoms with van der Waals surface area (Å²) in [5.74, 6) is 0.457. The third-order valence-corrected chi connectivity index (χ3v) is 2.67. The van der Waals surface area contributed by atoms with Crippen LogP contribution in [0.1, 0.15) is 30.5 Å². The second kappa shape index (κ2) is 6.25. The average molecular weight is 236 g/mol. The van der Waals surface area contributed by atoms with Gasteiger partial charge < -0.3 is 15.8 Å². The number of carbonyl (C=O) groups excluding carboxylic acids is 1. The largest absolute Gasteiger partial charge is 0.493 e. The van der Waals surface area contributed by atoms with Crippen LogP contribution < -0.4 is 15.8 Å². The van der Waals surface area contributed by atoms with Crippen LogP contribution in [0.2, 0.25) is 0 Å². The molecule has 0 saturated carbocycles. The number of carbonyl (C=O) groups is 1. The second-order valence-electron chi connectivity index (χ2n) is 4.12. The van der Waals surface area contributed by atoms with Crippen molar-refractivity contribution in [1.82, 2.24) is 5.32 Å². The summed E-state index contributed by atoms with van der Waals surface area (Å²) < 4.78 is 5.59. The molecule has 0 aliphatic carbocycles. The number of amides is 1. The molecular weight excluding hydrogens is 216 g/mol. The molecule has 0 aliphatic rings. The van der Waals surface area contributed by atoms with Crippen LogP contribution in [-0.4, -0.2) is 19.6 Å². The monoisotopic (exact) mass is 236 g/mol. The summed E-state index contributed by atoms with van der Waals surface area (Å²) in [7, 11) is 1.90. The first-order valence-electron chi connectivity index (χ1n) is 5.73. The Labute approximate surface area is 102 Å². The number of nitrogens with two attached hydrogens (primary N) is 1. The second-order valence-corrected chi connectivity index (χ2v) is 4.12. The summed E-state index contributed by atoms with van der Waals surface area (Å²) in [4.78, 5) is 10.6. The molecule has 17 heavy (non-hydrogen) atoms. The fourth-order valence-corrected chi connectivity index (χ4v) is 1.55. The highest BCUT2D eigenvalue weighted by Gasteiger charge is 2.10. The Morgan fingerprint density at radius 1 is 1.53 bits per heavy atom. The number of hydrogen-bond acceptors (Lipinski definition) is 3. The number of rotatable bonds is 6. The third kappa shape index (κ3) is 4.07. The normalized spacial score (nSPS) is 12.2. The SMILES string of the molecule is CNC(C)c1cc(C)ccc1OCCC(N)=O. The molecule has 0 aliphatic heterocycles. The van der Waals surface area contributed by atoms with Crippen molar-refractivity contribution < 1.29 is 9.53 Å². The van der Waals surface area contributed by atoms with Gasteiger partial charge in [0, 0.05) is 11.6 Å². The maximum atomic E-state index is 10.6. The molecule has 1 amide bonds. The van der Waals surface area contributed by atoms with Crippen molar-refractivity contribution in [3.63, 3.8) is 0 Å². The number of nitrogens with one attached hydrogen (secondary N) is 1. The third-order valence-electron chi connectivity index (χ3n) is 2.67. The summed E-state index contributed by atoms with van der Waals surface area (Å²) in [6.45, 7) is 4.43. The first-order valence-corrected chi connectivity index (χ1v) is 5.73. The zero-order chi connectivity index (χ0) is 12.8. The van der Waals surface area contributed by atoms with E-state index in [-0.39, 0.29) is 18.4 Å². The predicted octanol–water partition coefficient (Wildman–Crippen LogP) is 1.53. The standard InChI is InChI=1S/C13H20N2O2/c1-9-4-5-12(17-7-6-13(14)16)11(8-9)10(2)15-3/h4-5,8,10,15H,6-7H2,1-3H3,(H2,14,16). The first kappa shape index (κ1) is 13.5. The van der Waals surface area contributed by atoms with Gasteiger partial charge in [-0.25, -0.2) is 0 Å². The van der Waals surface area contributed by atoms with Crippen molar-refractivity contribution in [2.24, 2.45) is 5.73 Å². The van der Waals surface area contributed by atoms with Crippen LogP contribution >= 0.6 is 0 Å². The van der Waals surface area contributed by atoms with Crippen LogP contribution in [0.25, 0.3) is 0 Å². The lowest BCUT2D eigenvalue weighted by Crippen LogP contribution is -2.17. The van der Waals surface area contributed by atoms with Gasteiger partial charge in [-0.3, -0.25) is 4.79 Å². The van der Waals surface area contributed by atoms with Gasteiger partial charge in [-0.15, -0.1) is 0 Å². The van der Waals surface area contributed by atoms with E-state index in [1.165, 1.54) is 5.56 Å². The molecule has 4 nitrogen and oxygen atoms in total. The number of ether oxygens (including phenoxy) is 1. The molecule has 3 N–H and O–H groups in total. The van der Waals surface area contributed by atoms with Crippen LogP contribution in [0, 0.1) is 6.92 Å². The molecule has 0 saturated heterocycles. The smallest absolute Gasteiger partial charge is 0.220 e. The van der Waals surface area contributed by atoms with Gasteiger partial charge in [0.1, 0.15) is 5.75 Å². The van der Waals surface area contributed by atoms with Crippen LogP contribution in [0.4, 0.5) is 0 Å². The van der Waals surface area contributed by atoms with Crippen LogP contribution in [0.5, 0.6) is 5.75 Å². The van der Waals surface area contributed by atoms with Crippen LogP contribution in [0.3, 0.4) is 0 Å². The van der Waals surface area contributed by atoms with Gasteiger partial charge in [0.25, 0.3) is 0 Å². The van der Waals surface area contributed by atoms with Gasteiger partial charge in [0.15, 0.2) is 0 Å². The van der Waals surface area contributed by atoms with Crippen molar-refractivity contribution in [3.8, 4) is 5.75 Å². The van der Waals surface area contributed by atoms with Crippen LogP contribution in [-0.2, 0) is 4.79 Å². The first-order chi connectivity index (χ1) is 8.04. The zero-order valence-corrected chi connectivity index (χ0v) is 10.6. The Morgan fingerprint density at radius 2 is 2.24 bits per heavy atom. The van der Waals surface area contributed by atoms with Gasteiger partial charge in [-0.05, 0) is 27.0 Å². The summed E-state index contributed by atoms with van der Waals surface area (Å²) in [6.07, 6.45) is 0.237. The molecule has 0 radical (unpaired) electrons. The van der Waals surface area contributed by atoms with Crippen molar-refractivity contribution in [3.05, 3.63) is 29.3 Å². The molecule has 0 spiro atoms. The Morgan fingerprint density at radius 3 is 2.82 bits per heavy atom. The van der Waals surface area contributed by atoms with Gasteiger partial charge in [-0.2, -0.15) is 0 Å². The molecule has 0 heterocycles. The fraction of sp³-hybridized carbons (Fsp3) is 0.462. The van der Waals surface area contributed by atoms with Gasteiger partial charge >= 0.3 is 0 Å².